The molecule has 0 aromatic carbocycles. The van der Waals surface area contributed by atoms with E-state index in [2.05, 4.69) is 10.2 Å². The van der Waals surface area contributed by atoms with Crippen LogP contribution in [0, 0.1) is 6.92 Å². The number of carbonyl (C=O) groups excluding carboxylic acids is 1. The lowest BCUT2D eigenvalue weighted by molar-refractivity contribution is 0.0520. The molecule has 2 N–H and O–H groups in total. The third-order valence-electron chi connectivity index (χ3n) is 3.06. The predicted octanol–water partition coefficient (Wildman–Crippen LogP) is 1.50. The summed E-state index contributed by atoms with van der Waals surface area (Å²) in [6.07, 6.45) is 0. The number of esters is 1. The monoisotopic (exact) mass is 279 g/mol. The van der Waals surface area contributed by atoms with Crippen LogP contribution in [0.25, 0.3) is 11.0 Å². The van der Waals surface area contributed by atoms with E-state index in [1.807, 2.05) is 0 Å². The topological polar surface area (TPSA) is 97.2 Å². The number of rotatable bonds is 3. The average molecular weight is 279 g/mol. The van der Waals surface area contributed by atoms with E-state index in [4.69, 9.17) is 4.74 Å². The van der Waals surface area contributed by atoms with Gasteiger partial charge in [0.25, 0.3) is 5.56 Å². The summed E-state index contributed by atoms with van der Waals surface area (Å²) >= 11 is 0. The van der Waals surface area contributed by atoms with E-state index in [1.165, 1.54) is 4.57 Å². The quantitative estimate of drug-likeness (QED) is 0.830. The van der Waals surface area contributed by atoms with E-state index >= 15 is 0 Å². The van der Waals surface area contributed by atoms with Crippen LogP contribution in [0.1, 0.15) is 42.9 Å². The molecular weight excluding hydrogens is 262 g/mol. The Balaban J connectivity index is 2.91. The van der Waals surface area contributed by atoms with Crippen molar-refractivity contribution in [1.29, 1.82) is 0 Å². The number of aryl methyl sites for hydroxylation is 1. The van der Waals surface area contributed by atoms with Gasteiger partial charge in [0.2, 0.25) is 0 Å². The zero-order valence-electron chi connectivity index (χ0n) is 11.9. The van der Waals surface area contributed by atoms with E-state index in [-0.39, 0.29) is 24.0 Å². The van der Waals surface area contributed by atoms with Crippen LogP contribution in [0.5, 0.6) is 5.75 Å². The molecule has 2 aromatic rings. The number of fused-ring (bicyclic) bond motifs is 1. The molecule has 7 nitrogen and oxygen atoms in total. The summed E-state index contributed by atoms with van der Waals surface area (Å²) in [6.45, 7) is 7.08. The van der Waals surface area contributed by atoms with Gasteiger partial charge in [0.1, 0.15) is 5.75 Å². The average Bonchev–Trinajstić information content (AvgIpc) is 2.71. The SMILES string of the molecule is CCOC(=O)c1c(O)c2c(C)[nH]nc2n(C(C)C)c1=O. The second-order valence-corrected chi connectivity index (χ2v) is 4.76. The molecule has 0 radical (unpaired) electrons. The molecule has 108 valence electrons. The lowest BCUT2D eigenvalue weighted by Crippen LogP contribution is -2.29. The van der Waals surface area contributed by atoms with Crippen LogP contribution >= 0.6 is 0 Å². The molecule has 0 spiro atoms. The van der Waals surface area contributed by atoms with Crippen LogP contribution in [0.4, 0.5) is 0 Å². The van der Waals surface area contributed by atoms with Crippen LogP contribution in [0.3, 0.4) is 0 Å². The fourth-order valence-electron chi connectivity index (χ4n) is 2.18. The van der Waals surface area contributed by atoms with Gasteiger partial charge in [0.05, 0.1) is 12.0 Å². The Labute approximate surface area is 115 Å². The maximum Gasteiger partial charge on any atom is 0.347 e. The first kappa shape index (κ1) is 14.1. The van der Waals surface area contributed by atoms with Crippen molar-refractivity contribution in [3.8, 4) is 5.75 Å². The van der Waals surface area contributed by atoms with Crippen LogP contribution in [-0.2, 0) is 4.74 Å². The normalized spacial score (nSPS) is 11.2. The number of carbonyl (C=O) groups is 1. The maximum absolute atomic E-state index is 12.4. The summed E-state index contributed by atoms with van der Waals surface area (Å²) in [5, 5.41) is 17.3. The number of aromatic hydroxyl groups is 1. The molecule has 0 aliphatic rings. The molecule has 0 unspecified atom stereocenters. The summed E-state index contributed by atoms with van der Waals surface area (Å²) in [5.74, 6) is -1.21. The Morgan fingerprint density at radius 2 is 2.15 bits per heavy atom. The van der Waals surface area contributed by atoms with Gasteiger partial charge in [-0.25, -0.2) is 4.79 Å². The van der Waals surface area contributed by atoms with Crippen molar-refractivity contribution in [3.63, 3.8) is 0 Å². The number of aromatic amines is 1. The highest BCUT2D eigenvalue weighted by molar-refractivity contribution is 5.99. The molecule has 2 heterocycles. The Hall–Kier alpha value is -2.31. The summed E-state index contributed by atoms with van der Waals surface area (Å²) in [6, 6.07) is -0.207. The van der Waals surface area contributed by atoms with Crippen molar-refractivity contribution in [1.82, 2.24) is 14.8 Å². The van der Waals surface area contributed by atoms with E-state index in [1.54, 1.807) is 27.7 Å². The Kier molecular flexibility index (Phi) is 3.52. The van der Waals surface area contributed by atoms with Crippen LogP contribution < -0.4 is 5.56 Å². The third-order valence-corrected chi connectivity index (χ3v) is 3.06. The molecule has 0 bridgehead atoms. The molecule has 20 heavy (non-hydrogen) atoms. The number of H-pyrrole nitrogens is 1. The highest BCUT2D eigenvalue weighted by Gasteiger charge is 2.26. The molecule has 0 atom stereocenters. The van der Waals surface area contributed by atoms with Crippen molar-refractivity contribution >= 4 is 17.0 Å². The first-order valence-electron chi connectivity index (χ1n) is 6.39. The number of hydrogen-bond acceptors (Lipinski definition) is 5. The number of pyridine rings is 1. The molecule has 0 saturated carbocycles. The van der Waals surface area contributed by atoms with Crippen molar-refractivity contribution in [2.24, 2.45) is 0 Å². The van der Waals surface area contributed by atoms with Crippen molar-refractivity contribution in [3.05, 3.63) is 21.6 Å². The zero-order chi connectivity index (χ0) is 15.0. The van der Waals surface area contributed by atoms with Crippen LogP contribution in [-0.4, -0.2) is 32.4 Å². The number of nitrogens with one attached hydrogen (secondary N) is 1. The van der Waals surface area contributed by atoms with E-state index in [0.717, 1.165) is 0 Å². The second kappa shape index (κ2) is 4.99. The molecule has 0 saturated heterocycles. The summed E-state index contributed by atoms with van der Waals surface area (Å²) in [4.78, 5) is 24.3. The minimum Gasteiger partial charge on any atom is -0.506 e. The number of nitrogens with zero attached hydrogens (tertiary/aromatic N) is 2. The maximum atomic E-state index is 12.4. The predicted molar refractivity (Wildman–Crippen MR) is 73.1 cm³/mol. The van der Waals surface area contributed by atoms with E-state index in [9.17, 15) is 14.7 Å². The summed E-state index contributed by atoms with van der Waals surface area (Å²) < 4.78 is 6.21. The van der Waals surface area contributed by atoms with Gasteiger partial charge in [-0.1, -0.05) is 0 Å². The van der Waals surface area contributed by atoms with Gasteiger partial charge in [-0.2, -0.15) is 5.10 Å². The first-order valence-corrected chi connectivity index (χ1v) is 6.39. The van der Waals surface area contributed by atoms with Gasteiger partial charge >= 0.3 is 5.97 Å². The Bertz CT molecular complexity index is 727. The molecule has 0 aliphatic heterocycles. The smallest absolute Gasteiger partial charge is 0.347 e. The van der Waals surface area contributed by atoms with E-state index in [0.29, 0.717) is 16.7 Å². The van der Waals surface area contributed by atoms with Crippen molar-refractivity contribution in [2.45, 2.75) is 33.7 Å². The van der Waals surface area contributed by atoms with Crippen LogP contribution in [0.15, 0.2) is 4.79 Å². The molecule has 0 aliphatic carbocycles. The van der Waals surface area contributed by atoms with Gasteiger partial charge in [0.15, 0.2) is 11.2 Å². The highest BCUT2D eigenvalue weighted by Crippen LogP contribution is 2.29. The summed E-state index contributed by atoms with van der Waals surface area (Å²) in [7, 11) is 0. The minimum atomic E-state index is -0.827. The zero-order valence-corrected chi connectivity index (χ0v) is 11.9. The number of hydrogen-bond donors (Lipinski definition) is 2. The summed E-state index contributed by atoms with van der Waals surface area (Å²) in [5.41, 5.74) is -0.0435. The Morgan fingerprint density at radius 1 is 1.50 bits per heavy atom. The highest BCUT2D eigenvalue weighted by atomic mass is 16.5. The number of aromatic nitrogens is 3. The lowest BCUT2D eigenvalue weighted by atomic mass is 10.1. The van der Waals surface area contributed by atoms with Crippen LogP contribution in [0.2, 0.25) is 0 Å². The van der Waals surface area contributed by atoms with E-state index < -0.39 is 11.5 Å². The molecular formula is C13H17N3O4. The fourth-order valence-corrected chi connectivity index (χ4v) is 2.18. The van der Waals surface area contributed by atoms with Gasteiger partial charge in [-0.05, 0) is 27.7 Å². The molecule has 2 rings (SSSR count). The van der Waals surface area contributed by atoms with Crippen molar-refractivity contribution < 1.29 is 14.6 Å². The minimum absolute atomic E-state index is 0.127. The Morgan fingerprint density at radius 3 is 2.70 bits per heavy atom. The largest absolute Gasteiger partial charge is 0.506 e. The molecule has 7 heteroatoms. The second-order valence-electron chi connectivity index (χ2n) is 4.76. The van der Waals surface area contributed by atoms with Gasteiger partial charge < -0.3 is 9.84 Å². The van der Waals surface area contributed by atoms with Gasteiger partial charge in [-0.15, -0.1) is 0 Å². The standard InChI is InChI=1S/C13H17N3O4/c1-5-20-13(19)9-10(17)8-7(4)14-15-11(8)16(6(2)3)12(9)18/h6,17H,5H2,1-4H3,(H,14,15). The third kappa shape index (κ3) is 1.95. The van der Waals surface area contributed by atoms with Gasteiger partial charge in [-0.3, -0.25) is 14.5 Å². The molecule has 2 aromatic heterocycles. The number of ether oxygens (including phenoxy) is 1. The first-order chi connectivity index (χ1) is 9.40. The fraction of sp³-hybridized carbons (Fsp3) is 0.462. The van der Waals surface area contributed by atoms with Crippen molar-refractivity contribution in [2.75, 3.05) is 6.61 Å². The lowest BCUT2D eigenvalue weighted by Gasteiger charge is -2.14. The molecule has 0 amide bonds. The molecule has 0 fully saturated rings. The van der Waals surface area contributed by atoms with Gasteiger partial charge in [0, 0.05) is 11.7 Å².